The Morgan fingerprint density at radius 2 is 2.05 bits per heavy atom. The molecule has 4 heteroatoms. The molecular weight excluding hydrogens is 256 g/mol. The summed E-state index contributed by atoms with van der Waals surface area (Å²) in [4.78, 5) is 15.8. The second-order valence-electron chi connectivity index (χ2n) is 5.65. The van der Waals surface area contributed by atoms with Gasteiger partial charge in [-0.05, 0) is 37.1 Å². The Morgan fingerprint density at radius 1 is 1.21 bits per heavy atom. The van der Waals surface area contributed by atoms with E-state index >= 15 is 0 Å². The lowest BCUT2D eigenvalue weighted by atomic mass is 9.96. The number of nitrogens with one attached hydrogen (secondary N) is 1. The molecule has 2 aliphatic rings. The molecule has 0 aromatic carbocycles. The number of carbonyl (C=O) groups excluding carboxylic acids is 1. The molecule has 2 fully saturated rings. The van der Waals surface area contributed by atoms with E-state index in [1.54, 1.807) is 11.3 Å². The SMILES string of the molecule is O=C(NC1CCCCC1)N1CCCC1c1cccs1. The molecular formula is C15H22N2OS. The molecule has 2 heterocycles. The van der Waals surface area contributed by atoms with E-state index in [1.165, 1.54) is 24.1 Å². The Hall–Kier alpha value is -1.03. The number of carbonyl (C=O) groups is 1. The Labute approximate surface area is 119 Å². The molecule has 1 aromatic rings. The number of urea groups is 1. The van der Waals surface area contributed by atoms with Crippen molar-refractivity contribution in [1.29, 1.82) is 0 Å². The highest BCUT2D eigenvalue weighted by Crippen LogP contribution is 2.34. The molecule has 2 amide bonds. The lowest BCUT2D eigenvalue weighted by Crippen LogP contribution is -2.45. The quantitative estimate of drug-likeness (QED) is 0.873. The van der Waals surface area contributed by atoms with Gasteiger partial charge in [-0.3, -0.25) is 0 Å². The van der Waals surface area contributed by atoms with Crippen molar-refractivity contribution < 1.29 is 4.79 Å². The molecule has 1 saturated heterocycles. The lowest BCUT2D eigenvalue weighted by molar-refractivity contribution is 0.186. The molecule has 1 saturated carbocycles. The van der Waals surface area contributed by atoms with Gasteiger partial charge < -0.3 is 10.2 Å². The van der Waals surface area contributed by atoms with Gasteiger partial charge in [0.15, 0.2) is 0 Å². The molecule has 3 nitrogen and oxygen atoms in total. The Kier molecular flexibility index (Phi) is 4.06. The van der Waals surface area contributed by atoms with Gasteiger partial charge in [0.2, 0.25) is 0 Å². The van der Waals surface area contributed by atoms with Crippen LogP contribution in [-0.4, -0.2) is 23.5 Å². The summed E-state index contributed by atoms with van der Waals surface area (Å²) < 4.78 is 0. The lowest BCUT2D eigenvalue weighted by Gasteiger charge is -2.29. The third kappa shape index (κ3) is 2.94. The van der Waals surface area contributed by atoms with Crippen LogP contribution in [0.15, 0.2) is 17.5 Å². The average molecular weight is 278 g/mol. The maximum atomic E-state index is 12.4. The van der Waals surface area contributed by atoms with E-state index in [-0.39, 0.29) is 6.03 Å². The van der Waals surface area contributed by atoms with Gasteiger partial charge in [0, 0.05) is 17.5 Å². The van der Waals surface area contributed by atoms with Crippen molar-refractivity contribution in [3.05, 3.63) is 22.4 Å². The van der Waals surface area contributed by atoms with Crippen molar-refractivity contribution in [3.63, 3.8) is 0 Å². The number of hydrogen-bond acceptors (Lipinski definition) is 2. The Balaban J connectivity index is 1.62. The summed E-state index contributed by atoms with van der Waals surface area (Å²) in [6, 6.07) is 5.11. The summed E-state index contributed by atoms with van der Waals surface area (Å²) in [5.41, 5.74) is 0. The number of likely N-dealkylation sites (tertiary alicyclic amines) is 1. The fourth-order valence-electron chi connectivity index (χ4n) is 3.29. The van der Waals surface area contributed by atoms with Crippen LogP contribution < -0.4 is 5.32 Å². The first kappa shape index (κ1) is 13.0. The van der Waals surface area contributed by atoms with Crippen LogP contribution in [-0.2, 0) is 0 Å². The summed E-state index contributed by atoms with van der Waals surface area (Å²) in [6.45, 7) is 0.904. The van der Waals surface area contributed by atoms with Gasteiger partial charge in [-0.1, -0.05) is 25.3 Å². The topological polar surface area (TPSA) is 32.3 Å². The first-order valence-corrected chi connectivity index (χ1v) is 8.33. The third-order valence-electron chi connectivity index (χ3n) is 4.32. The van der Waals surface area contributed by atoms with Crippen molar-refractivity contribution in [3.8, 4) is 0 Å². The predicted octanol–water partition coefficient (Wildman–Crippen LogP) is 3.93. The Bertz CT molecular complexity index is 412. The maximum Gasteiger partial charge on any atom is 0.318 e. The van der Waals surface area contributed by atoms with E-state index in [9.17, 15) is 4.79 Å². The normalized spacial score (nSPS) is 24.6. The van der Waals surface area contributed by atoms with E-state index in [4.69, 9.17) is 0 Å². The summed E-state index contributed by atoms with van der Waals surface area (Å²) in [5.74, 6) is 0. The molecule has 19 heavy (non-hydrogen) atoms. The zero-order valence-electron chi connectivity index (χ0n) is 11.3. The number of rotatable bonds is 2. The Morgan fingerprint density at radius 3 is 2.79 bits per heavy atom. The molecule has 0 bridgehead atoms. The molecule has 1 atom stereocenters. The van der Waals surface area contributed by atoms with Gasteiger partial charge in [0.05, 0.1) is 6.04 Å². The third-order valence-corrected chi connectivity index (χ3v) is 5.29. The van der Waals surface area contributed by atoms with Gasteiger partial charge in [-0.15, -0.1) is 11.3 Å². The van der Waals surface area contributed by atoms with Crippen molar-refractivity contribution >= 4 is 17.4 Å². The van der Waals surface area contributed by atoms with Crippen LogP contribution in [0.1, 0.15) is 55.9 Å². The highest BCUT2D eigenvalue weighted by atomic mass is 32.1. The largest absolute Gasteiger partial charge is 0.335 e. The first-order chi connectivity index (χ1) is 9.34. The first-order valence-electron chi connectivity index (χ1n) is 7.45. The van der Waals surface area contributed by atoms with Crippen LogP contribution in [0.5, 0.6) is 0 Å². The highest BCUT2D eigenvalue weighted by Gasteiger charge is 2.31. The number of hydrogen-bond donors (Lipinski definition) is 1. The minimum atomic E-state index is 0.155. The van der Waals surface area contributed by atoms with Crippen molar-refractivity contribution in [2.75, 3.05) is 6.54 Å². The summed E-state index contributed by atoms with van der Waals surface area (Å²) in [5, 5.41) is 5.35. The monoisotopic (exact) mass is 278 g/mol. The number of amides is 2. The van der Waals surface area contributed by atoms with E-state index in [0.717, 1.165) is 32.2 Å². The minimum Gasteiger partial charge on any atom is -0.335 e. The molecule has 1 aromatic heterocycles. The van der Waals surface area contributed by atoms with Crippen LogP contribution in [0.4, 0.5) is 4.79 Å². The summed E-state index contributed by atoms with van der Waals surface area (Å²) in [6.07, 6.45) is 8.40. The van der Waals surface area contributed by atoms with Crippen LogP contribution in [0.3, 0.4) is 0 Å². The zero-order valence-corrected chi connectivity index (χ0v) is 12.1. The van der Waals surface area contributed by atoms with Crippen molar-refractivity contribution in [1.82, 2.24) is 10.2 Å². The molecule has 1 N–H and O–H groups in total. The van der Waals surface area contributed by atoms with Crippen LogP contribution in [0, 0.1) is 0 Å². The molecule has 3 rings (SSSR count). The summed E-state index contributed by atoms with van der Waals surface area (Å²) >= 11 is 1.77. The summed E-state index contributed by atoms with van der Waals surface area (Å²) in [7, 11) is 0. The van der Waals surface area contributed by atoms with E-state index < -0.39 is 0 Å². The van der Waals surface area contributed by atoms with Gasteiger partial charge >= 0.3 is 6.03 Å². The number of nitrogens with zero attached hydrogens (tertiary/aromatic N) is 1. The highest BCUT2D eigenvalue weighted by molar-refractivity contribution is 7.10. The fraction of sp³-hybridized carbons (Fsp3) is 0.667. The maximum absolute atomic E-state index is 12.4. The fourth-order valence-corrected chi connectivity index (χ4v) is 4.16. The smallest absolute Gasteiger partial charge is 0.318 e. The van der Waals surface area contributed by atoms with Gasteiger partial charge in [0.25, 0.3) is 0 Å². The number of thiophene rings is 1. The van der Waals surface area contributed by atoms with Crippen molar-refractivity contribution in [2.45, 2.75) is 57.0 Å². The van der Waals surface area contributed by atoms with Crippen LogP contribution >= 0.6 is 11.3 Å². The standard InChI is InChI=1S/C15H22N2OS/c18-15(16-12-6-2-1-3-7-12)17-10-4-8-13(17)14-9-5-11-19-14/h5,9,11-13H,1-4,6-8,10H2,(H,16,18). The van der Waals surface area contributed by atoms with Gasteiger partial charge in [-0.25, -0.2) is 4.79 Å². The molecule has 1 aliphatic heterocycles. The second-order valence-corrected chi connectivity index (χ2v) is 6.63. The van der Waals surface area contributed by atoms with E-state index in [0.29, 0.717) is 12.1 Å². The minimum absolute atomic E-state index is 0.155. The average Bonchev–Trinajstić information content (AvgIpc) is 3.10. The van der Waals surface area contributed by atoms with Crippen molar-refractivity contribution in [2.24, 2.45) is 0 Å². The second kappa shape index (κ2) is 5.95. The van der Waals surface area contributed by atoms with Gasteiger partial charge in [-0.2, -0.15) is 0 Å². The molecule has 104 valence electrons. The van der Waals surface area contributed by atoms with E-state index in [1.807, 2.05) is 4.90 Å². The molecule has 0 spiro atoms. The van der Waals surface area contributed by atoms with Crippen LogP contribution in [0.2, 0.25) is 0 Å². The zero-order chi connectivity index (χ0) is 13.1. The molecule has 1 aliphatic carbocycles. The molecule has 1 unspecified atom stereocenters. The van der Waals surface area contributed by atoms with Gasteiger partial charge in [0.1, 0.15) is 0 Å². The van der Waals surface area contributed by atoms with Crippen LogP contribution in [0.25, 0.3) is 0 Å². The van der Waals surface area contributed by atoms with E-state index in [2.05, 4.69) is 22.8 Å². The predicted molar refractivity (Wildman–Crippen MR) is 78.4 cm³/mol. The molecule has 0 radical (unpaired) electrons.